The van der Waals surface area contributed by atoms with E-state index in [0.29, 0.717) is 48.1 Å². The summed E-state index contributed by atoms with van der Waals surface area (Å²) in [6, 6.07) is 18.8. The Morgan fingerprint density at radius 1 is 0.757 bits per heavy atom. The van der Waals surface area contributed by atoms with Crippen LogP contribution in [0.4, 0.5) is 11.4 Å². The largest absolute Gasteiger partial charge is 0.494 e. The second kappa shape index (κ2) is 14.2. The molecular formula is C29H32N2O6. The maximum atomic E-state index is 12.1. The average Bonchev–Trinajstić information content (AvgIpc) is 2.88. The predicted molar refractivity (Wildman–Crippen MR) is 144 cm³/mol. The van der Waals surface area contributed by atoms with Crippen molar-refractivity contribution >= 4 is 29.4 Å². The monoisotopic (exact) mass is 504 g/mol. The number of unbranched alkanes of at least 4 members (excludes halogenated alkanes) is 1. The van der Waals surface area contributed by atoms with Gasteiger partial charge in [0.15, 0.2) is 0 Å². The molecule has 8 nitrogen and oxygen atoms in total. The van der Waals surface area contributed by atoms with E-state index in [-0.39, 0.29) is 6.61 Å². The highest BCUT2D eigenvalue weighted by Crippen LogP contribution is 2.19. The lowest BCUT2D eigenvalue weighted by molar-refractivity contribution is -0.128. The fourth-order valence-corrected chi connectivity index (χ4v) is 3.22. The highest BCUT2D eigenvalue weighted by atomic mass is 16.5. The van der Waals surface area contributed by atoms with Gasteiger partial charge in [-0.2, -0.15) is 0 Å². The van der Waals surface area contributed by atoms with Gasteiger partial charge in [-0.15, -0.1) is 0 Å². The number of nitrogen functional groups attached to an aromatic ring is 2. The fourth-order valence-electron chi connectivity index (χ4n) is 3.22. The molecule has 0 fully saturated rings. The normalized spacial score (nSPS) is 10.7. The zero-order valence-corrected chi connectivity index (χ0v) is 20.9. The van der Waals surface area contributed by atoms with Crippen LogP contribution in [0.25, 0.3) is 6.08 Å². The standard InChI is InChI=1S/C29H32N2O6/c1-2-3-15-34-26-10-12-27(13-11-26)37-28(32)14-7-21-5-8-25(9-6-21)35-16-4-17-36-29(33)22-18-23(30)20-24(31)19-22/h5-14,18-20H,2-4,15-17,30-31H2,1H3. The lowest BCUT2D eigenvalue weighted by atomic mass is 10.2. The minimum Gasteiger partial charge on any atom is -0.494 e. The Bertz CT molecular complexity index is 1170. The molecule has 0 saturated heterocycles. The Kier molecular flexibility index (Phi) is 10.4. The van der Waals surface area contributed by atoms with Crippen LogP contribution in [0.5, 0.6) is 17.2 Å². The Morgan fingerprint density at radius 3 is 1.95 bits per heavy atom. The maximum absolute atomic E-state index is 12.1. The van der Waals surface area contributed by atoms with Crippen molar-refractivity contribution < 1.29 is 28.5 Å². The lowest BCUT2D eigenvalue weighted by Crippen LogP contribution is -2.10. The Labute approximate surface area is 216 Å². The Balaban J connectivity index is 1.36. The van der Waals surface area contributed by atoms with Crippen LogP contribution in [-0.4, -0.2) is 31.8 Å². The smallest absolute Gasteiger partial charge is 0.338 e. The first-order valence-electron chi connectivity index (χ1n) is 12.1. The molecule has 0 aromatic heterocycles. The van der Waals surface area contributed by atoms with Gasteiger partial charge in [0.2, 0.25) is 0 Å². The predicted octanol–water partition coefficient (Wildman–Crippen LogP) is 5.27. The van der Waals surface area contributed by atoms with Crippen molar-refractivity contribution in [2.24, 2.45) is 0 Å². The highest BCUT2D eigenvalue weighted by Gasteiger charge is 2.08. The minimum absolute atomic E-state index is 0.199. The van der Waals surface area contributed by atoms with Crippen LogP contribution in [0, 0.1) is 0 Å². The van der Waals surface area contributed by atoms with Crippen LogP contribution in [0.1, 0.15) is 42.1 Å². The van der Waals surface area contributed by atoms with Gasteiger partial charge in [-0.25, -0.2) is 9.59 Å². The third-order valence-corrected chi connectivity index (χ3v) is 5.10. The first-order chi connectivity index (χ1) is 17.9. The number of benzene rings is 3. The Morgan fingerprint density at radius 2 is 1.32 bits per heavy atom. The second-order valence-electron chi connectivity index (χ2n) is 8.22. The van der Waals surface area contributed by atoms with Crippen LogP contribution in [0.15, 0.2) is 72.8 Å². The zero-order chi connectivity index (χ0) is 26.5. The number of hydrogen-bond donors (Lipinski definition) is 2. The van der Waals surface area contributed by atoms with Crippen LogP contribution in [0.3, 0.4) is 0 Å². The number of esters is 2. The quantitative estimate of drug-likeness (QED) is 0.106. The molecule has 37 heavy (non-hydrogen) atoms. The number of carbonyl (C=O) groups excluding carboxylic acids is 2. The van der Waals surface area contributed by atoms with E-state index in [1.54, 1.807) is 48.5 Å². The molecule has 0 spiro atoms. The summed E-state index contributed by atoms with van der Waals surface area (Å²) < 4.78 is 21.8. The number of ether oxygens (including phenoxy) is 4. The summed E-state index contributed by atoms with van der Waals surface area (Å²) in [4.78, 5) is 24.2. The van der Waals surface area contributed by atoms with Gasteiger partial charge in [-0.1, -0.05) is 25.5 Å². The summed E-state index contributed by atoms with van der Waals surface area (Å²) in [5.41, 5.74) is 13.3. The number of rotatable bonds is 13. The number of carbonyl (C=O) groups is 2. The van der Waals surface area contributed by atoms with Gasteiger partial charge in [-0.05, 0) is 72.7 Å². The number of nitrogens with two attached hydrogens (primary N) is 2. The van der Waals surface area contributed by atoms with E-state index in [0.717, 1.165) is 24.2 Å². The van der Waals surface area contributed by atoms with Crippen LogP contribution in [-0.2, 0) is 9.53 Å². The molecule has 0 unspecified atom stereocenters. The van der Waals surface area contributed by atoms with Crippen molar-refractivity contribution in [2.45, 2.75) is 26.2 Å². The van der Waals surface area contributed by atoms with E-state index in [1.165, 1.54) is 18.2 Å². The molecular weight excluding hydrogens is 472 g/mol. The highest BCUT2D eigenvalue weighted by molar-refractivity contribution is 5.91. The molecule has 3 aromatic rings. The molecule has 0 radical (unpaired) electrons. The van der Waals surface area contributed by atoms with E-state index < -0.39 is 11.9 Å². The van der Waals surface area contributed by atoms with Crippen molar-refractivity contribution in [3.63, 3.8) is 0 Å². The van der Waals surface area contributed by atoms with E-state index in [1.807, 2.05) is 12.1 Å². The van der Waals surface area contributed by atoms with Gasteiger partial charge in [0.1, 0.15) is 17.2 Å². The van der Waals surface area contributed by atoms with Crippen molar-refractivity contribution in [3.8, 4) is 17.2 Å². The van der Waals surface area contributed by atoms with Crippen LogP contribution in [0.2, 0.25) is 0 Å². The van der Waals surface area contributed by atoms with E-state index in [4.69, 9.17) is 30.4 Å². The molecule has 3 aromatic carbocycles. The molecule has 0 bridgehead atoms. The van der Waals surface area contributed by atoms with Crippen molar-refractivity contribution in [2.75, 3.05) is 31.3 Å². The number of hydrogen-bond acceptors (Lipinski definition) is 8. The summed E-state index contributed by atoms with van der Waals surface area (Å²) >= 11 is 0. The molecule has 0 aliphatic rings. The SMILES string of the molecule is CCCCOc1ccc(OC(=O)C=Cc2ccc(OCCCOC(=O)c3cc(N)cc(N)c3)cc2)cc1. The molecule has 0 atom stereocenters. The van der Waals surface area contributed by atoms with Crippen molar-refractivity contribution in [3.05, 3.63) is 83.9 Å². The zero-order valence-electron chi connectivity index (χ0n) is 20.9. The summed E-state index contributed by atoms with van der Waals surface area (Å²) in [7, 11) is 0. The van der Waals surface area contributed by atoms with E-state index in [9.17, 15) is 9.59 Å². The molecule has 0 aliphatic heterocycles. The van der Waals surface area contributed by atoms with Crippen LogP contribution >= 0.6 is 0 Å². The van der Waals surface area contributed by atoms with E-state index >= 15 is 0 Å². The third kappa shape index (κ3) is 9.60. The van der Waals surface area contributed by atoms with Gasteiger partial charge in [0, 0.05) is 23.9 Å². The summed E-state index contributed by atoms with van der Waals surface area (Å²) in [6.07, 6.45) is 5.61. The fraction of sp³-hybridized carbons (Fsp3) is 0.241. The van der Waals surface area contributed by atoms with Gasteiger partial charge >= 0.3 is 11.9 Å². The summed E-state index contributed by atoms with van der Waals surface area (Å²) in [5.74, 6) is 0.896. The first kappa shape index (κ1) is 27.1. The summed E-state index contributed by atoms with van der Waals surface area (Å²) in [6.45, 7) is 3.34. The Hall–Kier alpha value is -4.46. The second-order valence-corrected chi connectivity index (χ2v) is 8.22. The molecule has 3 rings (SSSR count). The molecule has 0 heterocycles. The first-order valence-corrected chi connectivity index (χ1v) is 12.1. The van der Waals surface area contributed by atoms with E-state index in [2.05, 4.69) is 6.92 Å². The van der Waals surface area contributed by atoms with Crippen molar-refractivity contribution in [1.29, 1.82) is 0 Å². The van der Waals surface area contributed by atoms with Gasteiger partial charge in [0.25, 0.3) is 0 Å². The third-order valence-electron chi connectivity index (χ3n) is 5.10. The maximum Gasteiger partial charge on any atom is 0.338 e. The van der Waals surface area contributed by atoms with Gasteiger partial charge < -0.3 is 30.4 Å². The molecule has 0 aliphatic carbocycles. The summed E-state index contributed by atoms with van der Waals surface area (Å²) in [5, 5.41) is 0. The topological polar surface area (TPSA) is 123 Å². The molecule has 0 saturated carbocycles. The van der Waals surface area contributed by atoms with Crippen LogP contribution < -0.4 is 25.7 Å². The average molecular weight is 505 g/mol. The lowest BCUT2D eigenvalue weighted by Gasteiger charge is -2.08. The molecule has 8 heteroatoms. The van der Waals surface area contributed by atoms with Crippen molar-refractivity contribution in [1.82, 2.24) is 0 Å². The van der Waals surface area contributed by atoms with Gasteiger partial charge in [-0.3, -0.25) is 0 Å². The molecule has 194 valence electrons. The number of anilines is 2. The van der Waals surface area contributed by atoms with Gasteiger partial charge in [0.05, 0.1) is 25.4 Å². The minimum atomic E-state index is -0.484. The molecule has 4 N–H and O–H groups in total. The molecule has 0 amide bonds.